The minimum Gasteiger partial charge on any atom is -0.452 e. The molecule has 51 heavy (non-hydrogen) atoms. The summed E-state index contributed by atoms with van der Waals surface area (Å²) in [6.07, 6.45) is 17.3. The van der Waals surface area contributed by atoms with Crippen molar-refractivity contribution in [3.63, 3.8) is 0 Å². The van der Waals surface area contributed by atoms with Gasteiger partial charge in [0.25, 0.3) is 0 Å². The number of aromatic nitrogens is 4. The van der Waals surface area contributed by atoms with Crippen LogP contribution >= 0.6 is 0 Å². The van der Waals surface area contributed by atoms with Crippen molar-refractivity contribution >= 4 is 58.4 Å². The van der Waals surface area contributed by atoms with E-state index in [2.05, 4.69) is 94.8 Å². The molecule has 8 rings (SSSR count). The average molecular weight is 661 g/mol. The highest BCUT2D eigenvalue weighted by atomic mass is 16.5. The molecule has 0 amide bonds. The lowest BCUT2D eigenvalue weighted by molar-refractivity contribution is -0.141. The van der Waals surface area contributed by atoms with E-state index in [9.17, 15) is 4.79 Å². The quantitative estimate of drug-likeness (QED) is 0.132. The number of nitrogens with one attached hydrogen (secondary N) is 2. The molecule has 0 radical (unpaired) electrons. The van der Waals surface area contributed by atoms with Gasteiger partial charge in [-0.1, -0.05) is 109 Å². The van der Waals surface area contributed by atoms with Crippen LogP contribution in [0.15, 0.2) is 121 Å². The van der Waals surface area contributed by atoms with E-state index in [1.54, 1.807) is 6.08 Å². The smallest absolute Gasteiger partial charge is 0.310 e. The number of nitrogens with zero attached hydrogens (tertiary/aromatic N) is 2. The van der Waals surface area contributed by atoms with Crippen LogP contribution in [0.5, 0.6) is 0 Å². The van der Waals surface area contributed by atoms with Crippen molar-refractivity contribution in [3.8, 4) is 45.7 Å². The van der Waals surface area contributed by atoms with Gasteiger partial charge in [0.15, 0.2) is 6.61 Å². The number of terminal acetylenes is 1. The van der Waals surface area contributed by atoms with Crippen LogP contribution < -0.4 is 0 Å². The zero-order valence-electron chi connectivity index (χ0n) is 27.6. The standard InChI is InChI=1S/C45H32N4O2/c1-2-29-51-42(50)20-12-19-33-34-21-23-36(46-34)43(30-13-6-3-7-14-30)38-25-27-40(48-38)45(32-17-10-5-11-18-32)41-28-26-39(49-41)44(31-15-8-4-9-16-31)37-24-22-35(33)47-37/h1,3-19,21-28,46,49H,20,29H2/b19-12+,34-33?,35-33?,43-36?,43-38?,44-37?,44-39?,45-40?,45-41?. The Hall–Kier alpha value is -6.97. The first kappa shape index (κ1) is 31.3. The van der Waals surface area contributed by atoms with Crippen molar-refractivity contribution in [2.45, 2.75) is 6.42 Å². The Kier molecular flexibility index (Phi) is 8.51. The van der Waals surface area contributed by atoms with Crippen LogP contribution in [0.25, 0.3) is 85.8 Å². The molecule has 0 unspecified atom stereocenters. The van der Waals surface area contributed by atoms with E-state index in [0.29, 0.717) is 0 Å². The molecule has 0 saturated carbocycles. The number of rotatable bonds is 7. The van der Waals surface area contributed by atoms with Crippen LogP contribution in [0.3, 0.4) is 0 Å². The number of carbonyl (C=O) groups is 1. The topological polar surface area (TPSA) is 83.7 Å². The summed E-state index contributed by atoms with van der Waals surface area (Å²) < 4.78 is 5.11. The summed E-state index contributed by atoms with van der Waals surface area (Å²) in [7, 11) is 0. The third-order valence-electron chi connectivity index (χ3n) is 8.87. The lowest BCUT2D eigenvalue weighted by atomic mass is 10.0. The van der Waals surface area contributed by atoms with E-state index >= 15 is 0 Å². The van der Waals surface area contributed by atoms with Crippen molar-refractivity contribution < 1.29 is 9.53 Å². The minimum absolute atomic E-state index is 0.0598. The lowest BCUT2D eigenvalue weighted by Crippen LogP contribution is -2.02. The Labute approximate surface area is 295 Å². The number of carbonyl (C=O) groups excluding carboxylic acids is 1. The summed E-state index contributed by atoms with van der Waals surface area (Å²) >= 11 is 0. The molecule has 0 fully saturated rings. The van der Waals surface area contributed by atoms with E-state index in [-0.39, 0.29) is 13.0 Å². The number of hydrogen-bond donors (Lipinski definition) is 2. The van der Waals surface area contributed by atoms with Gasteiger partial charge < -0.3 is 14.7 Å². The second-order valence-corrected chi connectivity index (χ2v) is 12.1. The van der Waals surface area contributed by atoms with Crippen molar-refractivity contribution in [1.82, 2.24) is 19.9 Å². The zero-order chi connectivity index (χ0) is 34.6. The van der Waals surface area contributed by atoms with Gasteiger partial charge in [0.1, 0.15) is 0 Å². The molecular weight excluding hydrogens is 629 g/mol. The number of esters is 1. The molecule has 0 atom stereocenters. The van der Waals surface area contributed by atoms with Gasteiger partial charge in [-0.15, -0.1) is 6.42 Å². The summed E-state index contributed by atoms with van der Waals surface area (Å²) in [4.78, 5) is 30.3. The van der Waals surface area contributed by atoms with Crippen LogP contribution in [-0.2, 0) is 9.53 Å². The van der Waals surface area contributed by atoms with Gasteiger partial charge in [0, 0.05) is 44.3 Å². The van der Waals surface area contributed by atoms with Gasteiger partial charge in [-0.25, -0.2) is 9.97 Å². The minimum atomic E-state index is -0.395. The molecule has 3 aromatic heterocycles. The number of ether oxygens (including phenoxy) is 1. The maximum atomic E-state index is 12.3. The molecule has 2 N–H and O–H groups in total. The molecule has 244 valence electrons. The molecule has 0 spiro atoms. The van der Waals surface area contributed by atoms with Crippen molar-refractivity contribution in [2.75, 3.05) is 6.61 Å². The Bertz CT molecular complexity index is 2530. The summed E-state index contributed by atoms with van der Waals surface area (Å²) in [5.41, 5.74) is 13.8. The number of aromatic amines is 2. The molecule has 8 bridgehead atoms. The second kappa shape index (κ2) is 13.9. The Morgan fingerprint density at radius 2 is 1.00 bits per heavy atom. The van der Waals surface area contributed by atoms with Gasteiger partial charge in [-0.2, -0.15) is 0 Å². The Morgan fingerprint density at radius 3 is 1.47 bits per heavy atom. The fourth-order valence-corrected chi connectivity index (χ4v) is 6.58. The van der Waals surface area contributed by atoms with Crippen LogP contribution in [0.1, 0.15) is 34.8 Å². The molecule has 6 nitrogen and oxygen atoms in total. The van der Waals surface area contributed by atoms with Crippen molar-refractivity contribution in [3.05, 3.63) is 150 Å². The number of fused-ring (bicyclic) bond motifs is 8. The predicted octanol–water partition coefficient (Wildman–Crippen LogP) is 10.2. The molecule has 2 aliphatic rings. The van der Waals surface area contributed by atoms with Crippen LogP contribution in [0, 0.1) is 12.3 Å². The molecule has 2 aliphatic heterocycles. The molecule has 6 aromatic rings. The van der Waals surface area contributed by atoms with E-state index in [1.807, 2.05) is 66.8 Å². The predicted molar refractivity (Wildman–Crippen MR) is 209 cm³/mol. The molecule has 0 saturated heterocycles. The lowest BCUT2D eigenvalue weighted by Gasteiger charge is -2.06. The highest BCUT2D eigenvalue weighted by Crippen LogP contribution is 2.36. The summed E-state index contributed by atoms with van der Waals surface area (Å²) in [6, 6.07) is 39.3. The number of hydrogen-bond acceptors (Lipinski definition) is 4. The normalized spacial score (nSPS) is 11.9. The SMILES string of the molecule is C#CCOC(=O)C/C=C/c1c2nc(c(-c3ccccc3)c3ccc([nH]3)c(-c3ccccc3)c3nc(c(-c4ccccc4)c4ccc1[nH]4)C=C3)C=C2. The summed E-state index contributed by atoms with van der Waals surface area (Å²) in [5, 5.41) is 0. The fraction of sp³-hybridized carbons (Fsp3) is 0.0444. The van der Waals surface area contributed by atoms with Crippen LogP contribution in [-0.4, -0.2) is 32.5 Å². The van der Waals surface area contributed by atoms with Gasteiger partial charge in [-0.05, 0) is 65.3 Å². The first-order chi connectivity index (χ1) is 25.2. The molecule has 3 aromatic carbocycles. The Balaban J connectivity index is 1.49. The highest BCUT2D eigenvalue weighted by Gasteiger charge is 2.17. The van der Waals surface area contributed by atoms with E-state index in [4.69, 9.17) is 21.1 Å². The first-order valence-electron chi connectivity index (χ1n) is 16.7. The maximum Gasteiger partial charge on any atom is 0.310 e. The number of H-pyrrole nitrogens is 2. The first-order valence-corrected chi connectivity index (χ1v) is 16.7. The molecular formula is C45H32N4O2. The maximum absolute atomic E-state index is 12.3. The molecule has 5 heterocycles. The van der Waals surface area contributed by atoms with Crippen molar-refractivity contribution in [1.29, 1.82) is 0 Å². The van der Waals surface area contributed by atoms with E-state index in [0.717, 1.165) is 83.8 Å². The van der Waals surface area contributed by atoms with Gasteiger partial charge >= 0.3 is 5.97 Å². The average Bonchev–Trinajstić information content (AvgIpc) is 4.01. The largest absolute Gasteiger partial charge is 0.452 e. The summed E-state index contributed by atoms with van der Waals surface area (Å²) in [5.74, 6) is 1.95. The summed E-state index contributed by atoms with van der Waals surface area (Å²) in [6.45, 7) is -0.0598. The van der Waals surface area contributed by atoms with Gasteiger partial charge in [-0.3, -0.25) is 4.79 Å². The zero-order valence-corrected chi connectivity index (χ0v) is 27.6. The van der Waals surface area contributed by atoms with E-state index in [1.165, 1.54) is 0 Å². The van der Waals surface area contributed by atoms with Crippen LogP contribution in [0.2, 0.25) is 0 Å². The van der Waals surface area contributed by atoms with E-state index < -0.39 is 5.97 Å². The van der Waals surface area contributed by atoms with Crippen molar-refractivity contribution in [2.24, 2.45) is 0 Å². The third kappa shape index (κ3) is 6.32. The number of benzene rings is 3. The van der Waals surface area contributed by atoms with Crippen LogP contribution in [0.4, 0.5) is 0 Å². The Morgan fingerprint density at radius 1 is 0.588 bits per heavy atom. The molecule has 6 heteroatoms. The molecule has 0 aliphatic carbocycles. The third-order valence-corrected chi connectivity index (χ3v) is 8.87. The van der Waals surface area contributed by atoms with Gasteiger partial charge in [0.2, 0.25) is 0 Å². The highest BCUT2D eigenvalue weighted by molar-refractivity contribution is 5.98. The second-order valence-electron chi connectivity index (χ2n) is 12.1. The monoisotopic (exact) mass is 660 g/mol. The van der Waals surface area contributed by atoms with Gasteiger partial charge in [0.05, 0.1) is 29.2 Å². The fourth-order valence-electron chi connectivity index (χ4n) is 6.58.